The van der Waals surface area contributed by atoms with E-state index in [0.29, 0.717) is 41.3 Å². The van der Waals surface area contributed by atoms with Crippen LogP contribution in [0.1, 0.15) is 25.7 Å². The highest BCUT2D eigenvalue weighted by Gasteiger charge is 2.37. The van der Waals surface area contributed by atoms with Gasteiger partial charge in [0.1, 0.15) is 16.5 Å². The Morgan fingerprint density at radius 3 is 2.63 bits per heavy atom. The second-order valence-corrected chi connectivity index (χ2v) is 11.7. The third-order valence-corrected chi connectivity index (χ3v) is 9.48. The van der Waals surface area contributed by atoms with Gasteiger partial charge >= 0.3 is 0 Å². The largest absolute Gasteiger partial charge is 0.376 e. The molecule has 1 unspecified atom stereocenters. The van der Waals surface area contributed by atoms with Gasteiger partial charge in [-0.25, -0.2) is 22.2 Å². The van der Waals surface area contributed by atoms with Crippen LogP contribution in [0.3, 0.4) is 0 Å². The number of amides is 1. The molecule has 1 aromatic heterocycles. The van der Waals surface area contributed by atoms with E-state index < -0.39 is 21.8 Å². The highest BCUT2D eigenvalue weighted by Crippen LogP contribution is 2.33. The van der Waals surface area contributed by atoms with Crippen molar-refractivity contribution in [2.45, 2.75) is 36.7 Å². The third-order valence-electron chi connectivity index (χ3n) is 6.50. The molecule has 0 N–H and O–H groups in total. The van der Waals surface area contributed by atoms with Crippen LogP contribution >= 0.6 is 11.3 Å². The average Bonchev–Trinajstić information content (AvgIpc) is 3.52. The maximum Gasteiger partial charge on any atom is 0.245 e. The summed E-state index contributed by atoms with van der Waals surface area (Å²) >= 11 is 1.25. The first-order chi connectivity index (χ1) is 16.8. The number of nitrogens with zero attached hydrogens (tertiary/aromatic N) is 3. The summed E-state index contributed by atoms with van der Waals surface area (Å²) in [4.78, 5) is 19.5. The molecule has 3 heterocycles. The number of aromatic nitrogens is 1. The number of anilines is 1. The summed E-state index contributed by atoms with van der Waals surface area (Å²) in [7, 11) is -3.99. The van der Waals surface area contributed by atoms with Gasteiger partial charge in [0.25, 0.3) is 0 Å². The van der Waals surface area contributed by atoms with Crippen LogP contribution in [0, 0.1) is 17.6 Å². The van der Waals surface area contributed by atoms with E-state index in [1.807, 2.05) is 0 Å². The van der Waals surface area contributed by atoms with Crippen molar-refractivity contribution in [1.29, 1.82) is 0 Å². The van der Waals surface area contributed by atoms with E-state index in [1.165, 1.54) is 46.0 Å². The first-order valence-corrected chi connectivity index (χ1v) is 13.8. The van der Waals surface area contributed by atoms with E-state index in [9.17, 15) is 22.0 Å². The molecular weight excluding hydrogens is 496 g/mol. The molecule has 2 aliphatic heterocycles. The normalized spacial score (nSPS) is 19.9. The van der Waals surface area contributed by atoms with Crippen molar-refractivity contribution >= 4 is 42.6 Å². The second kappa shape index (κ2) is 9.88. The monoisotopic (exact) mass is 521 g/mol. The summed E-state index contributed by atoms with van der Waals surface area (Å²) in [5.74, 6) is -1.72. The van der Waals surface area contributed by atoms with Gasteiger partial charge in [0, 0.05) is 25.6 Å². The summed E-state index contributed by atoms with van der Waals surface area (Å²) in [5.41, 5.74) is 0.613. The zero-order valence-electron chi connectivity index (χ0n) is 18.9. The number of piperidine rings is 1. The van der Waals surface area contributed by atoms with Gasteiger partial charge in [-0.15, -0.1) is 0 Å². The Labute approximate surface area is 206 Å². The molecule has 0 bridgehead atoms. The minimum atomic E-state index is -3.99. The fourth-order valence-corrected chi connectivity index (χ4v) is 7.15. The van der Waals surface area contributed by atoms with Gasteiger partial charge < -0.3 is 4.74 Å². The van der Waals surface area contributed by atoms with Crippen LogP contribution in [-0.2, 0) is 19.6 Å². The van der Waals surface area contributed by atoms with Crippen LogP contribution in [0.25, 0.3) is 10.2 Å². The highest BCUT2D eigenvalue weighted by atomic mass is 32.2. The molecule has 0 spiro atoms. The van der Waals surface area contributed by atoms with E-state index in [0.717, 1.165) is 18.9 Å². The molecule has 1 atom stereocenters. The molecule has 3 aromatic rings. The summed E-state index contributed by atoms with van der Waals surface area (Å²) < 4.78 is 61.3. The predicted molar refractivity (Wildman–Crippen MR) is 129 cm³/mol. The lowest BCUT2D eigenvalue weighted by molar-refractivity contribution is -0.123. The van der Waals surface area contributed by atoms with E-state index in [2.05, 4.69) is 4.98 Å². The Morgan fingerprint density at radius 2 is 1.91 bits per heavy atom. The Balaban J connectivity index is 1.34. The minimum Gasteiger partial charge on any atom is -0.376 e. The van der Waals surface area contributed by atoms with E-state index in [4.69, 9.17) is 4.74 Å². The van der Waals surface area contributed by atoms with Gasteiger partial charge in [-0.3, -0.25) is 9.69 Å². The van der Waals surface area contributed by atoms with E-state index in [-0.39, 0.29) is 35.8 Å². The van der Waals surface area contributed by atoms with Gasteiger partial charge in [0.15, 0.2) is 5.13 Å². The quantitative estimate of drug-likeness (QED) is 0.486. The molecule has 1 amide bonds. The lowest BCUT2D eigenvalue weighted by Crippen LogP contribution is -2.46. The van der Waals surface area contributed by atoms with Crippen molar-refractivity contribution in [3.8, 4) is 0 Å². The Hall–Kier alpha value is -2.47. The number of sulfonamides is 1. The fourth-order valence-electron chi connectivity index (χ4n) is 4.61. The van der Waals surface area contributed by atoms with Crippen LogP contribution in [-0.4, -0.2) is 56.0 Å². The van der Waals surface area contributed by atoms with Gasteiger partial charge in [0.05, 0.1) is 22.9 Å². The van der Waals surface area contributed by atoms with Crippen LogP contribution in [0.15, 0.2) is 47.4 Å². The number of thiazole rings is 1. The number of rotatable bonds is 6. The van der Waals surface area contributed by atoms with Crippen LogP contribution in [0.2, 0.25) is 0 Å². The zero-order valence-corrected chi connectivity index (χ0v) is 20.5. The number of hydrogen-bond acceptors (Lipinski definition) is 6. The van der Waals surface area contributed by atoms with Crippen molar-refractivity contribution in [3.05, 3.63) is 54.1 Å². The SMILES string of the molecule is O=C(C1CCN(S(=O)(=O)c2ccccc2F)CC1)N(CC1CCCO1)c1nc2ccc(F)cc2s1. The molecule has 2 fully saturated rings. The van der Waals surface area contributed by atoms with Gasteiger partial charge in [-0.2, -0.15) is 4.31 Å². The molecule has 0 radical (unpaired) electrons. The van der Waals surface area contributed by atoms with Gasteiger partial charge in [0.2, 0.25) is 15.9 Å². The third kappa shape index (κ3) is 4.95. The molecule has 2 aromatic carbocycles. The summed E-state index contributed by atoms with van der Waals surface area (Å²) in [6.45, 7) is 1.22. The molecule has 7 nitrogen and oxygen atoms in total. The second-order valence-electron chi connectivity index (χ2n) is 8.80. The molecule has 5 rings (SSSR count). The molecular formula is C24H25F2N3O4S2. The van der Waals surface area contributed by atoms with E-state index in [1.54, 1.807) is 11.0 Å². The Bertz CT molecular complexity index is 1330. The maximum atomic E-state index is 14.1. The Morgan fingerprint density at radius 1 is 1.14 bits per heavy atom. The summed E-state index contributed by atoms with van der Waals surface area (Å²) in [5, 5.41) is 0.479. The number of benzene rings is 2. The van der Waals surface area contributed by atoms with Crippen LogP contribution in [0.5, 0.6) is 0 Å². The molecule has 11 heteroatoms. The molecule has 35 heavy (non-hydrogen) atoms. The van der Waals surface area contributed by atoms with Crippen molar-refractivity contribution in [2.24, 2.45) is 5.92 Å². The average molecular weight is 522 g/mol. The van der Waals surface area contributed by atoms with Crippen LogP contribution in [0.4, 0.5) is 13.9 Å². The molecule has 2 saturated heterocycles. The van der Waals surface area contributed by atoms with Crippen molar-refractivity contribution in [1.82, 2.24) is 9.29 Å². The fraction of sp³-hybridized carbons (Fsp3) is 0.417. The first kappa shape index (κ1) is 24.2. The highest BCUT2D eigenvalue weighted by molar-refractivity contribution is 7.89. The van der Waals surface area contributed by atoms with Gasteiger partial charge in [-0.05, 0) is 56.0 Å². The summed E-state index contributed by atoms with van der Waals surface area (Å²) in [6.07, 6.45) is 2.28. The minimum absolute atomic E-state index is 0.107. The zero-order chi connectivity index (χ0) is 24.6. The lowest BCUT2D eigenvalue weighted by atomic mass is 9.96. The predicted octanol–water partition coefficient (Wildman–Crippen LogP) is 4.19. The maximum absolute atomic E-state index is 14.1. The van der Waals surface area contributed by atoms with Crippen molar-refractivity contribution in [2.75, 3.05) is 31.1 Å². The standard InChI is InChI=1S/C24H25F2N3O4S2/c25-17-7-8-20-21(14-17)34-24(27-20)29(15-18-4-3-13-33-18)23(30)16-9-11-28(12-10-16)35(31,32)22-6-2-1-5-19(22)26/h1-2,5-8,14,16,18H,3-4,9-13,15H2. The van der Waals surface area contributed by atoms with Gasteiger partial charge in [-0.1, -0.05) is 23.5 Å². The number of hydrogen-bond donors (Lipinski definition) is 0. The number of carbonyl (C=O) groups is 1. The lowest BCUT2D eigenvalue weighted by Gasteiger charge is -2.33. The Kier molecular flexibility index (Phi) is 6.84. The number of halogens is 2. The molecule has 2 aliphatic rings. The number of carbonyl (C=O) groups excluding carboxylic acids is 1. The number of fused-ring (bicyclic) bond motifs is 1. The smallest absolute Gasteiger partial charge is 0.245 e. The summed E-state index contributed by atoms with van der Waals surface area (Å²) in [6, 6.07) is 9.63. The number of ether oxygens (including phenoxy) is 1. The molecule has 0 aliphatic carbocycles. The first-order valence-electron chi connectivity index (χ1n) is 11.6. The topological polar surface area (TPSA) is 79.8 Å². The van der Waals surface area contributed by atoms with E-state index >= 15 is 0 Å². The molecule has 186 valence electrons. The molecule has 0 saturated carbocycles. The van der Waals surface area contributed by atoms with Crippen molar-refractivity contribution < 1.29 is 26.7 Å². The van der Waals surface area contributed by atoms with Crippen LogP contribution < -0.4 is 4.90 Å². The van der Waals surface area contributed by atoms with Crippen molar-refractivity contribution in [3.63, 3.8) is 0 Å².